The number of hydrogen-bond donors (Lipinski definition) is 2. The third-order valence-electron chi connectivity index (χ3n) is 3.88. The van der Waals surface area contributed by atoms with E-state index in [0.717, 1.165) is 35.9 Å². The number of aromatic nitrogens is 4. The van der Waals surface area contributed by atoms with Crippen LogP contribution in [0.3, 0.4) is 0 Å². The number of nitrogens with zero attached hydrogens (tertiary/aromatic N) is 5. The van der Waals surface area contributed by atoms with Crippen molar-refractivity contribution in [1.82, 2.24) is 24.4 Å². The Kier molecular flexibility index (Phi) is 3.43. The van der Waals surface area contributed by atoms with Crippen LogP contribution >= 0.6 is 0 Å². The molecule has 1 saturated heterocycles. The molecule has 1 aliphatic heterocycles. The molecule has 108 valence electrons. The largest absolute Gasteiger partial charge is 0.368 e. The molecular formula is C13H21N7. The monoisotopic (exact) mass is 275 g/mol. The van der Waals surface area contributed by atoms with Crippen molar-refractivity contribution in [2.45, 2.75) is 19.8 Å². The number of rotatable bonds is 4. The maximum Gasteiger partial charge on any atom is 0.224 e. The quantitative estimate of drug-likeness (QED) is 0.857. The SMILES string of the molecule is Cc1nc2c(NCCN3CCCC3)nc(N)nc2n1C. The molecule has 0 radical (unpaired) electrons. The van der Waals surface area contributed by atoms with Crippen LogP contribution in [0.15, 0.2) is 0 Å². The number of fused-ring (bicyclic) bond motifs is 1. The van der Waals surface area contributed by atoms with E-state index in [1.54, 1.807) is 0 Å². The summed E-state index contributed by atoms with van der Waals surface area (Å²) in [5, 5.41) is 3.35. The zero-order chi connectivity index (χ0) is 14.1. The molecule has 0 atom stereocenters. The van der Waals surface area contributed by atoms with Crippen molar-refractivity contribution in [3.63, 3.8) is 0 Å². The Morgan fingerprint density at radius 3 is 2.70 bits per heavy atom. The first-order valence-electron chi connectivity index (χ1n) is 7.08. The number of anilines is 2. The molecule has 0 spiro atoms. The Bertz CT molecular complexity index is 613. The highest BCUT2D eigenvalue weighted by atomic mass is 15.2. The number of nitrogens with two attached hydrogens (primary N) is 1. The molecular weight excluding hydrogens is 254 g/mol. The first kappa shape index (κ1) is 13.1. The Hall–Kier alpha value is -1.89. The molecule has 0 bridgehead atoms. The first-order valence-corrected chi connectivity index (χ1v) is 7.08. The Balaban J connectivity index is 1.78. The van der Waals surface area contributed by atoms with E-state index in [9.17, 15) is 0 Å². The summed E-state index contributed by atoms with van der Waals surface area (Å²) in [5.74, 6) is 1.92. The van der Waals surface area contributed by atoms with Crippen molar-refractivity contribution in [2.75, 3.05) is 37.2 Å². The van der Waals surface area contributed by atoms with Gasteiger partial charge in [0.15, 0.2) is 17.0 Å². The molecule has 3 N–H and O–H groups in total. The second kappa shape index (κ2) is 5.24. The molecule has 3 heterocycles. The molecule has 0 aromatic carbocycles. The van der Waals surface area contributed by atoms with Gasteiger partial charge in [0.25, 0.3) is 0 Å². The van der Waals surface area contributed by atoms with E-state index < -0.39 is 0 Å². The summed E-state index contributed by atoms with van der Waals surface area (Å²) in [6, 6.07) is 0. The van der Waals surface area contributed by atoms with Crippen LogP contribution in [0, 0.1) is 6.92 Å². The molecule has 3 rings (SSSR count). The summed E-state index contributed by atoms with van der Waals surface area (Å²) < 4.78 is 1.93. The average molecular weight is 275 g/mol. The van der Waals surface area contributed by atoms with Crippen molar-refractivity contribution >= 4 is 22.9 Å². The van der Waals surface area contributed by atoms with Gasteiger partial charge in [0.2, 0.25) is 5.95 Å². The molecule has 0 saturated carbocycles. The number of likely N-dealkylation sites (tertiary alicyclic amines) is 1. The minimum Gasteiger partial charge on any atom is -0.368 e. The van der Waals surface area contributed by atoms with Gasteiger partial charge in [-0.2, -0.15) is 9.97 Å². The van der Waals surface area contributed by atoms with Gasteiger partial charge in [-0.25, -0.2) is 4.98 Å². The van der Waals surface area contributed by atoms with Gasteiger partial charge in [-0.15, -0.1) is 0 Å². The highest BCUT2D eigenvalue weighted by Crippen LogP contribution is 2.20. The Labute approximate surface area is 118 Å². The normalized spacial score (nSPS) is 16.1. The molecule has 0 unspecified atom stereocenters. The van der Waals surface area contributed by atoms with E-state index in [2.05, 4.69) is 25.2 Å². The molecule has 1 aliphatic rings. The lowest BCUT2D eigenvalue weighted by atomic mass is 10.4. The van der Waals surface area contributed by atoms with Gasteiger partial charge in [0.05, 0.1) is 0 Å². The summed E-state index contributed by atoms with van der Waals surface area (Å²) in [4.78, 5) is 15.5. The van der Waals surface area contributed by atoms with E-state index in [4.69, 9.17) is 5.73 Å². The highest BCUT2D eigenvalue weighted by Gasteiger charge is 2.14. The summed E-state index contributed by atoms with van der Waals surface area (Å²) in [6.45, 7) is 6.22. The summed E-state index contributed by atoms with van der Waals surface area (Å²) in [6.07, 6.45) is 2.62. The second-order valence-corrected chi connectivity index (χ2v) is 5.30. The molecule has 7 nitrogen and oxygen atoms in total. The maximum atomic E-state index is 5.78. The van der Waals surface area contributed by atoms with Gasteiger partial charge >= 0.3 is 0 Å². The third-order valence-corrected chi connectivity index (χ3v) is 3.88. The fraction of sp³-hybridized carbons (Fsp3) is 0.615. The number of nitrogens with one attached hydrogen (secondary N) is 1. The van der Waals surface area contributed by atoms with Crippen molar-refractivity contribution in [2.24, 2.45) is 7.05 Å². The van der Waals surface area contributed by atoms with Gasteiger partial charge in [-0.1, -0.05) is 0 Å². The minimum atomic E-state index is 0.282. The van der Waals surface area contributed by atoms with Crippen LogP contribution in [-0.2, 0) is 7.05 Å². The topological polar surface area (TPSA) is 84.9 Å². The van der Waals surface area contributed by atoms with Gasteiger partial charge < -0.3 is 20.5 Å². The Morgan fingerprint density at radius 1 is 1.20 bits per heavy atom. The number of imidazole rings is 1. The number of hydrogen-bond acceptors (Lipinski definition) is 6. The predicted octanol–water partition coefficient (Wildman–Crippen LogP) is 0.762. The van der Waals surface area contributed by atoms with Crippen LogP contribution in [0.25, 0.3) is 11.2 Å². The van der Waals surface area contributed by atoms with Gasteiger partial charge in [-0.3, -0.25) is 0 Å². The van der Waals surface area contributed by atoms with Gasteiger partial charge in [-0.05, 0) is 32.9 Å². The van der Waals surface area contributed by atoms with Crippen LogP contribution in [0.4, 0.5) is 11.8 Å². The minimum absolute atomic E-state index is 0.282. The first-order chi connectivity index (χ1) is 9.65. The van der Waals surface area contributed by atoms with E-state index >= 15 is 0 Å². The zero-order valence-corrected chi connectivity index (χ0v) is 12.1. The van der Waals surface area contributed by atoms with E-state index in [-0.39, 0.29) is 5.95 Å². The lowest BCUT2D eigenvalue weighted by Gasteiger charge is -2.15. The van der Waals surface area contributed by atoms with Crippen LogP contribution in [0.2, 0.25) is 0 Å². The summed E-state index contributed by atoms with van der Waals surface area (Å²) >= 11 is 0. The van der Waals surface area contributed by atoms with Crippen LogP contribution in [0.1, 0.15) is 18.7 Å². The fourth-order valence-electron chi connectivity index (χ4n) is 2.65. The molecule has 0 amide bonds. The van der Waals surface area contributed by atoms with Crippen LogP contribution in [-0.4, -0.2) is 50.6 Å². The van der Waals surface area contributed by atoms with Crippen molar-refractivity contribution in [3.05, 3.63) is 5.82 Å². The van der Waals surface area contributed by atoms with Crippen molar-refractivity contribution in [3.8, 4) is 0 Å². The second-order valence-electron chi connectivity index (χ2n) is 5.30. The third kappa shape index (κ3) is 2.40. The number of nitrogen functional groups attached to an aromatic ring is 1. The molecule has 2 aromatic rings. The smallest absolute Gasteiger partial charge is 0.224 e. The van der Waals surface area contributed by atoms with Crippen molar-refractivity contribution in [1.29, 1.82) is 0 Å². The zero-order valence-electron chi connectivity index (χ0n) is 12.1. The van der Waals surface area contributed by atoms with E-state index in [0.29, 0.717) is 0 Å². The molecule has 2 aromatic heterocycles. The van der Waals surface area contributed by atoms with E-state index in [1.165, 1.54) is 25.9 Å². The average Bonchev–Trinajstić information content (AvgIpc) is 3.01. The van der Waals surface area contributed by atoms with E-state index in [1.807, 2.05) is 18.5 Å². The molecule has 0 aliphatic carbocycles. The lowest BCUT2D eigenvalue weighted by molar-refractivity contribution is 0.352. The van der Waals surface area contributed by atoms with Crippen LogP contribution in [0.5, 0.6) is 0 Å². The van der Waals surface area contributed by atoms with Crippen molar-refractivity contribution < 1.29 is 0 Å². The van der Waals surface area contributed by atoms with Crippen LogP contribution < -0.4 is 11.1 Å². The number of aryl methyl sites for hydroxylation is 2. The molecule has 1 fully saturated rings. The maximum absolute atomic E-state index is 5.78. The predicted molar refractivity (Wildman–Crippen MR) is 79.6 cm³/mol. The lowest BCUT2D eigenvalue weighted by Crippen LogP contribution is -2.26. The van der Waals surface area contributed by atoms with Gasteiger partial charge in [0.1, 0.15) is 5.82 Å². The van der Waals surface area contributed by atoms with Gasteiger partial charge in [0, 0.05) is 20.1 Å². The summed E-state index contributed by atoms with van der Waals surface area (Å²) in [7, 11) is 1.94. The highest BCUT2D eigenvalue weighted by molar-refractivity contribution is 5.84. The molecule has 20 heavy (non-hydrogen) atoms. The standard InChI is InChI=1S/C13H21N7/c1-9-16-10-11(15-5-8-20-6-3-4-7-20)17-13(14)18-12(10)19(9)2/h3-8H2,1-2H3,(H3,14,15,17,18). The summed E-state index contributed by atoms with van der Waals surface area (Å²) in [5.41, 5.74) is 7.35. The molecule has 7 heteroatoms. The fourth-order valence-corrected chi connectivity index (χ4v) is 2.65. The Morgan fingerprint density at radius 2 is 1.95 bits per heavy atom.